The van der Waals surface area contributed by atoms with E-state index >= 15 is 0 Å². The highest BCUT2D eigenvalue weighted by molar-refractivity contribution is 9.10. The van der Waals surface area contributed by atoms with Crippen molar-refractivity contribution in [2.75, 3.05) is 0 Å². The van der Waals surface area contributed by atoms with Crippen molar-refractivity contribution < 1.29 is 39.5 Å². The molecule has 0 aliphatic heterocycles. The summed E-state index contributed by atoms with van der Waals surface area (Å²) in [5, 5.41) is 0. The largest absolute Gasteiger partial charge is 0.435 e. The van der Waals surface area contributed by atoms with Crippen molar-refractivity contribution in [2.24, 2.45) is 0 Å². The van der Waals surface area contributed by atoms with Crippen molar-refractivity contribution in [3.05, 3.63) is 57.6 Å². The normalized spacial score (nSPS) is 13.2. The Balaban J connectivity index is 3.00. The fourth-order valence-corrected chi connectivity index (χ4v) is 3.12. The number of aryl methyl sites for hydroxylation is 1. The number of rotatable bonds is 2. The molecule has 0 heterocycles. The van der Waals surface area contributed by atoms with E-state index in [0.29, 0.717) is 6.07 Å². The molecule has 0 amide bonds. The van der Waals surface area contributed by atoms with Gasteiger partial charge in [0.25, 0.3) is 0 Å². The first-order valence-corrected chi connectivity index (χ1v) is 7.50. The quantitative estimate of drug-likeness (QED) is 0.442. The van der Waals surface area contributed by atoms with E-state index in [0.717, 1.165) is 19.1 Å². The van der Waals surface area contributed by atoms with Gasteiger partial charge in [-0.2, -0.15) is 26.3 Å². The third-order valence-corrected chi connectivity index (χ3v) is 4.12. The topological polar surface area (TPSA) is 0 Å². The van der Waals surface area contributed by atoms with Crippen molar-refractivity contribution in [3.63, 3.8) is 0 Å². The van der Waals surface area contributed by atoms with E-state index in [1.807, 2.05) is 0 Å². The van der Waals surface area contributed by atoms with Crippen LogP contribution in [0.4, 0.5) is 39.5 Å². The van der Waals surface area contributed by atoms with Crippen molar-refractivity contribution in [3.8, 4) is 11.1 Å². The zero-order chi connectivity index (χ0) is 20.1. The summed E-state index contributed by atoms with van der Waals surface area (Å²) in [6, 6.07) is 4.79. The molecule has 10 heteroatoms. The predicted molar refractivity (Wildman–Crippen MR) is 78.0 cm³/mol. The van der Waals surface area contributed by atoms with Gasteiger partial charge in [-0.05, 0) is 34.5 Å². The van der Waals surface area contributed by atoms with Gasteiger partial charge in [0.05, 0.1) is 0 Å². The highest BCUT2D eigenvalue weighted by Gasteiger charge is 2.74. The third kappa shape index (κ3) is 3.19. The lowest BCUT2D eigenvalue weighted by atomic mass is 9.85. The molecule has 26 heavy (non-hydrogen) atoms. The summed E-state index contributed by atoms with van der Waals surface area (Å²) in [5.74, 6) is -3.25. The molecular weight excluding hydrogens is 443 g/mol. The van der Waals surface area contributed by atoms with Crippen LogP contribution in [0.25, 0.3) is 11.1 Å². The van der Waals surface area contributed by atoms with Crippen LogP contribution >= 0.6 is 15.9 Å². The lowest BCUT2D eigenvalue weighted by Gasteiger charge is -2.32. The molecule has 0 saturated carbocycles. The zero-order valence-corrected chi connectivity index (χ0v) is 14.2. The molecule has 141 valence electrons. The molecular formula is C16H7BrF9. The van der Waals surface area contributed by atoms with Gasteiger partial charge in [0.2, 0.25) is 0 Å². The first kappa shape index (κ1) is 20.6. The average Bonchev–Trinajstić information content (AvgIpc) is 2.47. The molecule has 0 saturated heterocycles. The number of hydrogen-bond acceptors (Lipinski definition) is 0. The Kier molecular flexibility index (Phi) is 5.13. The fraction of sp³-hybridized carbons (Fsp3) is 0.250. The van der Waals surface area contributed by atoms with Gasteiger partial charge >= 0.3 is 18.0 Å². The van der Waals surface area contributed by atoms with Crippen molar-refractivity contribution in [1.82, 2.24) is 0 Å². The van der Waals surface area contributed by atoms with Crippen LogP contribution < -0.4 is 0 Å². The van der Waals surface area contributed by atoms with Gasteiger partial charge in [0.15, 0.2) is 11.6 Å². The molecule has 2 aromatic rings. The van der Waals surface area contributed by atoms with Crippen LogP contribution in [-0.2, 0) is 5.67 Å². The van der Waals surface area contributed by atoms with Gasteiger partial charge in [-0.15, -0.1) is 0 Å². The fourth-order valence-electron chi connectivity index (χ4n) is 2.38. The van der Waals surface area contributed by atoms with Crippen LogP contribution in [0, 0.1) is 24.6 Å². The predicted octanol–water partition coefficient (Wildman–Crippen LogP) is 6.79. The minimum absolute atomic E-state index is 0.255. The van der Waals surface area contributed by atoms with Crippen LogP contribution in [0.15, 0.2) is 28.7 Å². The lowest BCUT2D eigenvalue weighted by molar-refractivity contribution is -0.348. The molecule has 2 rings (SSSR count). The summed E-state index contributed by atoms with van der Waals surface area (Å²) >= 11 is 2.67. The molecule has 0 nitrogen and oxygen atoms in total. The molecule has 0 spiro atoms. The Morgan fingerprint density at radius 2 is 1.46 bits per heavy atom. The zero-order valence-electron chi connectivity index (χ0n) is 12.6. The molecule has 0 aromatic heterocycles. The van der Waals surface area contributed by atoms with Crippen molar-refractivity contribution >= 4 is 15.9 Å². The van der Waals surface area contributed by atoms with Gasteiger partial charge in [-0.3, -0.25) is 0 Å². The Labute approximate surface area is 149 Å². The van der Waals surface area contributed by atoms with Crippen LogP contribution in [0.2, 0.25) is 0 Å². The first-order valence-electron chi connectivity index (χ1n) is 6.71. The standard InChI is InChI=1S/C16H7BrF9/c1-7-5-9(14(20,15(21,22)23)16(24,25)26)12(10(17)6-7)8-3-2-4-11(18)13(8)19/h2-5H,1H3. The Morgan fingerprint density at radius 3 is 1.96 bits per heavy atom. The first-order chi connectivity index (χ1) is 11.7. The maximum atomic E-state index is 14.6. The van der Waals surface area contributed by atoms with E-state index in [1.54, 1.807) is 0 Å². The van der Waals surface area contributed by atoms with Gasteiger partial charge < -0.3 is 0 Å². The van der Waals surface area contributed by atoms with E-state index in [4.69, 9.17) is 0 Å². The maximum absolute atomic E-state index is 14.6. The summed E-state index contributed by atoms with van der Waals surface area (Å²) in [5.41, 5.74) is -10.1. The van der Waals surface area contributed by atoms with Crippen LogP contribution in [0.1, 0.15) is 11.1 Å². The molecule has 0 bridgehead atoms. The highest BCUT2D eigenvalue weighted by Crippen LogP contribution is 2.56. The third-order valence-electron chi connectivity index (χ3n) is 3.53. The molecule has 0 fully saturated rings. The minimum Gasteiger partial charge on any atom is -0.218 e. The number of alkyl halides is 7. The van der Waals surface area contributed by atoms with E-state index in [2.05, 4.69) is 22.0 Å². The molecule has 0 N–H and O–H groups in total. The second-order valence-corrected chi connectivity index (χ2v) is 6.10. The van der Waals surface area contributed by atoms with E-state index in [-0.39, 0.29) is 11.6 Å². The summed E-state index contributed by atoms with van der Waals surface area (Å²) in [7, 11) is 0. The summed E-state index contributed by atoms with van der Waals surface area (Å²) in [6.07, 6.45) is -12.8. The maximum Gasteiger partial charge on any atom is 0.435 e. The number of hydrogen-bond donors (Lipinski definition) is 0. The van der Waals surface area contributed by atoms with Crippen LogP contribution in [0.5, 0.6) is 0 Å². The molecule has 1 radical (unpaired) electrons. The van der Waals surface area contributed by atoms with E-state index < -0.39 is 50.8 Å². The molecule has 0 unspecified atom stereocenters. The number of benzene rings is 2. The van der Waals surface area contributed by atoms with Crippen molar-refractivity contribution in [2.45, 2.75) is 24.9 Å². The monoisotopic (exact) mass is 449 g/mol. The Hall–Kier alpha value is -1.71. The smallest absolute Gasteiger partial charge is 0.218 e. The number of halogens is 10. The van der Waals surface area contributed by atoms with Crippen molar-refractivity contribution in [1.29, 1.82) is 0 Å². The Morgan fingerprint density at radius 1 is 0.923 bits per heavy atom. The van der Waals surface area contributed by atoms with Crippen LogP contribution in [-0.4, -0.2) is 12.4 Å². The lowest BCUT2D eigenvalue weighted by Crippen LogP contribution is -2.50. The summed E-state index contributed by atoms with van der Waals surface area (Å²) in [4.78, 5) is 0. The molecule has 0 atom stereocenters. The molecule has 2 aromatic carbocycles. The van der Waals surface area contributed by atoms with E-state index in [1.165, 1.54) is 0 Å². The molecule has 0 aliphatic carbocycles. The van der Waals surface area contributed by atoms with Gasteiger partial charge in [-0.25, -0.2) is 13.2 Å². The highest BCUT2D eigenvalue weighted by atomic mass is 79.9. The summed E-state index contributed by atoms with van der Waals surface area (Å²) in [6.45, 7) is 1.08. The summed E-state index contributed by atoms with van der Waals surface area (Å²) < 4.78 is 120. The van der Waals surface area contributed by atoms with Gasteiger partial charge in [0.1, 0.15) is 0 Å². The van der Waals surface area contributed by atoms with Crippen LogP contribution in [0.3, 0.4) is 0 Å². The second-order valence-electron chi connectivity index (χ2n) is 5.31. The van der Waals surface area contributed by atoms with Gasteiger partial charge in [-0.1, -0.05) is 18.2 Å². The van der Waals surface area contributed by atoms with Gasteiger partial charge in [0, 0.05) is 27.2 Å². The minimum atomic E-state index is -6.41. The second kappa shape index (κ2) is 6.47. The average molecular weight is 450 g/mol. The van der Waals surface area contributed by atoms with E-state index in [9.17, 15) is 39.5 Å². The Bertz CT molecular complexity index is 823. The molecule has 0 aliphatic rings. The SMILES string of the molecule is Cc1[c]c(Br)c(-c2cccc(F)c2F)c(C(F)(C(F)(F)F)C(F)(F)F)c1.